The fourth-order valence-electron chi connectivity index (χ4n) is 13.1. The SMILES string of the molecule is COC1/C=C/C=C/CC/C=C/C=C/C(=O)N[C@@H](C(O)C(=O)O)C(=O)OC(C(NC(=O)C(C)C(O)CCC(C)C(O)/C(C)=C/C(C)C(O)C(CC(C)C)NC(=O)/C=C/C(C)(C)C(=O)C(C)C(O)C(C)C)C(C)O)C(C)C(O)C/C=C(\C)C(O)C(C)/C=C(\C)C(O)C(C)C(O)CC2CC(C)CC1O2. The smallest absolute Gasteiger partial charge is 0.335 e. The van der Waals surface area contributed by atoms with Crippen LogP contribution in [0.25, 0.3) is 0 Å². The van der Waals surface area contributed by atoms with E-state index in [2.05, 4.69) is 22.9 Å². The molecule has 2 aliphatic rings. The third-order valence-corrected chi connectivity index (χ3v) is 20.1. The van der Waals surface area contributed by atoms with Gasteiger partial charge < -0.3 is 86.3 Å². The van der Waals surface area contributed by atoms with Crippen LogP contribution in [-0.2, 0) is 43.0 Å². The van der Waals surface area contributed by atoms with Gasteiger partial charge in [-0.05, 0) is 146 Å². The summed E-state index contributed by atoms with van der Waals surface area (Å²) in [6, 6.07) is -4.61. The minimum absolute atomic E-state index is 0.0328. The molecule has 14 N–H and O–H groups in total. The number of carbonyl (C=O) groups excluding carboxylic acids is 5. The van der Waals surface area contributed by atoms with Gasteiger partial charge in [0.1, 0.15) is 18.0 Å². The number of ether oxygens (including phenoxy) is 3. The van der Waals surface area contributed by atoms with Crippen LogP contribution in [0.5, 0.6) is 0 Å². The summed E-state index contributed by atoms with van der Waals surface area (Å²) in [5.41, 5.74) is 0.299. The summed E-state index contributed by atoms with van der Waals surface area (Å²) in [4.78, 5) is 80.9. The monoisotopic (exact) mass is 1430 g/mol. The molecular formula is C78H129N3O20. The van der Waals surface area contributed by atoms with Crippen LogP contribution in [0, 0.1) is 64.6 Å². The molecule has 0 saturated carbocycles. The van der Waals surface area contributed by atoms with Crippen molar-refractivity contribution in [2.75, 3.05) is 7.11 Å². The van der Waals surface area contributed by atoms with E-state index < -0.39 is 162 Å². The number of allylic oxidation sites excluding steroid dienone is 7. The Morgan fingerprint density at radius 3 is 1.95 bits per heavy atom. The number of methoxy groups -OCH3 is 1. The van der Waals surface area contributed by atoms with E-state index in [9.17, 15) is 84.9 Å². The quantitative estimate of drug-likeness (QED) is 0.0249. The van der Waals surface area contributed by atoms with E-state index in [-0.39, 0.29) is 67.5 Å². The number of carboxylic acids is 1. The van der Waals surface area contributed by atoms with Crippen molar-refractivity contribution in [1.82, 2.24) is 16.0 Å². The van der Waals surface area contributed by atoms with E-state index >= 15 is 0 Å². The van der Waals surface area contributed by atoms with Gasteiger partial charge in [0.2, 0.25) is 17.7 Å². The van der Waals surface area contributed by atoms with E-state index in [1.165, 1.54) is 45.1 Å². The van der Waals surface area contributed by atoms with E-state index in [0.29, 0.717) is 42.4 Å². The van der Waals surface area contributed by atoms with Gasteiger partial charge in [-0.2, -0.15) is 0 Å². The lowest BCUT2D eigenvalue weighted by molar-refractivity contribution is -0.170. The molecule has 3 amide bonds. The largest absolute Gasteiger partial charge is 0.479 e. The zero-order chi connectivity index (χ0) is 77.1. The number of amides is 3. The number of aliphatic carboxylic acids is 1. The van der Waals surface area contributed by atoms with E-state index in [1.54, 1.807) is 101 Å². The van der Waals surface area contributed by atoms with Gasteiger partial charge in [-0.25, -0.2) is 9.59 Å². The number of nitrogens with one attached hydrogen (secondary N) is 3. The van der Waals surface area contributed by atoms with Crippen molar-refractivity contribution in [3.63, 3.8) is 0 Å². The van der Waals surface area contributed by atoms with Crippen molar-refractivity contribution in [2.24, 2.45) is 64.6 Å². The molecule has 2 bridgehead atoms. The van der Waals surface area contributed by atoms with E-state index in [4.69, 9.17) is 14.2 Å². The van der Waals surface area contributed by atoms with E-state index in [1.807, 2.05) is 52.0 Å². The third-order valence-electron chi connectivity index (χ3n) is 20.1. The summed E-state index contributed by atoms with van der Waals surface area (Å²) in [7, 11) is 1.60. The van der Waals surface area contributed by atoms with Crippen LogP contribution in [0.15, 0.2) is 95.7 Å². The highest BCUT2D eigenvalue weighted by Crippen LogP contribution is 2.34. The normalized spacial score (nSPS) is 31.8. The van der Waals surface area contributed by atoms with Gasteiger partial charge in [-0.1, -0.05) is 150 Å². The molecule has 0 aliphatic carbocycles. The van der Waals surface area contributed by atoms with Crippen molar-refractivity contribution in [2.45, 2.75) is 286 Å². The summed E-state index contributed by atoms with van der Waals surface area (Å²) in [6.07, 6.45) is 8.06. The average Bonchev–Trinajstić information content (AvgIpc) is 0.848. The molecule has 25 atom stereocenters. The average molecular weight is 1430 g/mol. The fourth-order valence-corrected chi connectivity index (χ4v) is 13.1. The van der Waals surface area contributed by atoms with Crippen molar-refractivity contribution < 1.29 is 99.1 Å². The standard InChI is InChI=1S/C78H129N3O20/c1-42(2)36-57(79-64(87)34-35-78(17,18)74(94)54(15)67(88)43(3)4)71(92)50(11)40-48(9)69(90)46(7)31-33-59(84)53(14)75(95)81-65(55(16)82)73-52(13)58(83)32-30-45(6)68(89)47(8)39-49(10)70(91)51(12)60(85)41-56-37-44(5)38-62(100-56)61(99-19)28-26-24-22-20-21-23-25-27-29-63(86)80-66(77(98)101-73)72(93)76(96)97/h22-30,34-35,39-40,42-44,46-47,50-62,65-73,82-85,88-93H,20-21,31-33,36-38,41H2,1-19H3,(H,79,87)(H,80,86)(H,81,95)(H,96,97)/b24-22+,25-23+,28-26+,29-27+,35-34+,45-30+,48-40+,49-39+/t44?,46?,47?,50?,51?,52?,53?,54?,55?,56?,57?,58?,59?,60?,61?,62?,65?,66-,67?,68?,69?,70?,71?,72?,73?/m0/s1. The molecular weight excluding hydrogens is 1300 g/mol. The number of esters is 1. The van der Waals surface area contributed by atoms with Crippen molar-refractivity contribution in [3.8, 4) is 0 Å². The predicted octanol–water partition coefficient (Wildman–Crippen LogP) is 6.99. The minimum atomic E-state index is -2.58. The minimum Gasteiger partial charge on any atom is -0.479 e. The van der Waals surface area contributed by atoms with Crippen molar-refractivity contribution in [3.05, 3.63) is 95.7 Å². The second-order valence-electron chi connectivity index (χ2n) is 30.4. The lowest BCUT2D eigenvalue weighted by Crippen LogP contribution is -2.59. The Balaban J connectivity index is 2.51. The number of Topliss-reactive ketones (excluding diaryl/α,β-unsaturated/α-hetero) is 1. The van der Waals surface area contributed by atoms with Gasteiger partial charge in [0, 0.05) is 48.2 Å². The first kappa shape index (κ1) is 91.5. The maximum absolute atomic E-state index is 14.3. The summed E-state index contributed by atoms with van der Waals surface area (Å²) in [5, 5.41) is 132. The molecule has 0 radical (unpaired) electrons. The molecule has 101 heavy (non-hydrogen) atoms. The molecule has 1 fully saturated rings. The van der Waals surface area contributed by atoms with Crippen LogP contribution in [0.1, 0.15) is 182 Å². The Kier molecular flexibility index (Phi) is 40.2. The van der Waals surface area contributed by atoms with Gasteiger partial charge in [0.15, 0.2) is 12.1 Å². The Bertz CT molecular complexity index is 2840. The number of rotatable bonds is 25. The lowest BCUT2D eigenvalue weighted by atomic mass is 9.77. The maximum Gasteiger partial charge on any atom is 0.335 e. The number of fused-ring (bicyclic) bond motifs is 2. The van der Waals surface area contributed by atoms with Gasteiger partial charge >= 0.3 is 11.9 Å². The van der Waals surface area contributed by atoms with Crippen molar-refractivity contribution in [1.29, 1.82) is 0 Å². The zero-order valence-corrected chi connectivity index (χ0v) is 63.6. The second kappa shape index (κ2) is 44.3. The molecule has 23 heteroatoms. The van der Waals surface area contributed by atoms with E-state index in [0.717, 1.165) is 12.5 Å². The van der Waals surface area contributed by atoms with Crippen LogP contribution in [-0.4, -0.2) is 202 Å². The number of carboxylic acid groups (broad SMARTS) is 1. The Hall–Kier alpha value is -5.54. The van der Waals surface area contributed by atoms with Gasteiger partial charge in [0.05, 0.1) is 85.1 Å². The number of aliphatic hydroxyl groups excluding tert-OH is 10. The molecule has 0 spiro atoms. The molecule has 576 valence electrons. The first-order valence-corrected chi connectivity index (χ1v) is 36.3. The number of hydrogen-bond donors (Lipinski definition) is 14. The van der Waals surface area contributed by atoms with Crippen molar-refractivity contribution >= 4 is 35.4 Å². The highest BCUT2D eigenvalue weighted by Gasteiger charge is 2.44. The molecule has 24 unspecified atom stereocenters. The number of hydrogen-bond acceptors (Lipinski definition) is 19. The topological polar surface area (TPSA) is 389 Å². The number of cyclic esters (lactones) is 1. The van der Waals surface area contributed by atoms with Crippen LogP contribution in [0.4, 0.5) is 0 Å². The fraction of sp³-hybridized carbons (Fsp3) is 0.718. The maximum atomic E-state index is 14.3. The Labute approximate surface area is 601 Å². The molecule has 0 aromatic heterocycles. The molecule has 2 rings (SSSR count). The molecule has 2 aliphatic heterocycles. The summed E-state index contributed by atoms with van der Waals surface area (Å²) >= 11 is 0. The first-order valence-electron chi connectivity index (χ1n) is 36.3. The summed E-state index contributed by atoms with van der Waals surface area (Å²) < 4.78 is 18.2. The number of ketones is 1. The molecule has 23 nitrogen and oxygen atoms in total. The highest BCUT2D eigenvalue weighted by molar-refractivity contribution is 5.94. The molecule has 2 heterocycles. The van der Waals surface area contributed by atoms with Gasteiger partial charge in [-0.3, -0.25) is 19.2 Å². The van der Waals surface area contributed by atoms with Crippen LogP contribution in [0.3, 0.4) is 0 Å². The van der Waals surface area contributed by atoms with Crippen LogP contribution in [0.2, 0.25) is 0 Å². The zero-order valence-electron chi connectivity index (χ0n) is 63.6. The van der Waals surface area contributed by atoms with Gasteiger partial charge in [0.25, 0.3) is 0 Å². The third kappa shape index (κ3) is 30.2. The number of carbonyl (C=O) groups is 6. The predicted molar refractivity (Wildman–Crippen MR) is 389 cm³/mol. The second-order valence-corrected chi connectivity index (χ2v) is 30.4. The number of aliphatic hydroxyl groups is 10. The Morgan fingerprint density at radius 1 is 0.762 bits per heavy atom. The summed E-state index contributed by atoms with van der Waals surface area (Å²) in [6.45, 7) is 30.7. The lowest BCUT2D eigenvalue weighted by Gasteiger charge is -2.38. The summed E-state index contributed by atoms with van der Waals surface area (Å²) in [5.74, 6) is -11.4. The first-order chi connectivity index (χ1) is 47.0. The Morgan fingerprint density at radius 2 is 1.38 bits per heavy atom. The van der Waals surface area contributed by atoms with Crippen LogP contribution >= 0.6 is 0 Å². The molecule has 0 aromatic rings. The molecule has 1 saturated heterocycles. The highest BCUT2D eigenvalue weighted by atomic mass is 16.6. The van der Waals surface area contributed by atoms with Crippen LogP contribution < -0.4 is 16.0 Å². The molecule has 0 aromatic carbocycles. The van der Waals surface area contributed by atoms with Gasteiger partial charge in [-0.15, -0.1) is 0 Å².